The van der Waals surface area contributed by atoms with Gasteiger partial charge in [0.2, 0.25) is 0 Å². The molecule has 2 aliphatic heterocycles. The first-order valence-electron chi connectivity index (χ1n) is 10.8. The Bertz CT molecular complexity index is 820. The number of piperazine rings is 1. The number of nitrogens with zero attached hydrogens (tertiary/aromatic N) is 3. The lowest BCUT2D eigenvalue weighted by molar-refractivity contribution is -0.308. The minimum atomic E-state index is -5.76. The molecule has 34 heavy (non-hydrogen) atoms. The maximum Gasteiger partial charge on any atom is 0.434 e. The number of benzene rings is 1. The lowest BCUT2D eigenvalue weighted by atomic mass is 9.96. The van der Waals surface area contributed by atoms with Crippen molar-refractivity contribution in [3.8, 4) is 0 Å². The van der Waals surface area contributed by atoms with Crippen molar-refractivity contribution in [2.24, 2.45) is 5.92 Å². The van der Waals surface area contributed by atoms with E-state index in [1.165, 1.54) is 12.1 Å². The standard InChI is InChI=1S/C21H26F7N3O3/c22-16-2-1-15(17(11-16)30-5-3-14(13-32)4-6-30)12-29-7-9-31(10-8-29)19(33)34-18(20(23,24)25)21(26,27)28/h1-2,11,14,18,32H,3-10,12-13H2. The number of amides is 1. The van der Waals surface area contributed by atoms with Crippen LogP contribution in [0.1, 0.15) is 18.4 Å². The molecule has 0 radical (unpaired) electrons. The first-order valence-corrected chi connectivity index (χ1v) is 10.8. The van der Waals surface area contributed by atoms with Crippen LogP contribution in [0.25, 0.3) is 0 Å². The van der Waals surface area contributed by atoms with Crippen LogP contribution in [0.2, 0.25) is 0 Å². The van der Waals surface area contributed by atoms with Crippen molar-refractivity contribution in [1.82, 2.24) is 9.80 Å². The molecule has 13 heteroatoms. The van der Waals surface area contributed by atoms with Gasteiger partial charge in [0.15, 0.2) is 0 Å². The van der Waals surface area contributed by atoms with E-state index in [0.717, 1.165) is 23.3 Å². The van der Waals surface area contributed by atoms with Crippen LogP contribution in [0, 0.1) is 11.7 Å². The third-order valence-electron chi connectivity index (χ3n) is 6.10. The van der Waals surface area contributed by atoms with Gasteiger partial charge in [-0.1, -0.05) is 6.07 Å². The number of aliphatic hydroxyl groups excluding tert-OH is 1. The molecule has 0 bridgehead atoms. The largest absolute Gasteiger partial charge is 0.434 e. The van der Waals surface area contributed by atoms with Crippen LogP contribution >= 0.6 is 0 Å². The van der Waals surface area contributed by atoms with Crippen molar-refractivity contribution in [2.45, 2.75) is 37.8 Å². The predicted molar refractivity (Wildman–Crippen MR) is 108 cm³/mol. The monoisotopic (exact) mass is 501 g/mol. The van der Waals surface area contributed by atoms with E-state index in [2.05, 4.69) is 4.74 Å². The fourth-order valence-electron chi connectivity index (χ4n) is 4.15. The molecular formula is C21H26F7N3O3. The maximum absolute atomic E-state index is 13.9. The SMILES string of the molecule is O=C(OC(C(F)(F)F)C(F)(F)F)N1CCN(Cc2ccc(F)cc2N2CCC(CO)CC2)CC1. The zero-order chi connectivity index (χ0) is 25.1. The lowest BCUT2D eigenvalue weighted by Crippen LogP contribution is -2.52. The van der Waals surface area contributed by atoms with E-state index in [4.69, 9.17) is 0 Å². The molecular weight excluding hydrogens is 475 g/mol. The average molecular weight is 501 g/mol. The Labute approximate surface area is 191 Å². The highest BCUT2D eigenvalue weighted by Gasteiger charge is 2.60. The van der Waals surface area contributed by atoms with E-state index >= 15 is 0 Å². The molecule has 1 aromatic carbocycles. The second-order valence-electron chi connectivity index (χ2n) is 8.50. The molecule has 0 atom stereocenters. The van der Waals surface area contributed by atoms with Gasteiger partial charge in [-0.3, -0.25) is 4.90 Å². The number of anilines is 1. The van der Waals surface area contributed by atoms with Gasteiger partial charge in [0.1, 0.15) is 5.82 Å². The fraction of sp³-hybridized carbons (Fsp3) is 0.667. The van der Waals surface area contributed by atoms with Gasteiger partial charge in [-0.05, 0) is 36.5 Å². The van der Waals surface area contributed by atoms with Crippen molar-refractivity contribution in [2.75, 3.05) is 50.8 Å². The fourth-order valence-corrected chi connectivity index (χ4v) is 4.15. The molecule has 192 valence electrons. The third kappa shape index (κ3) is 6.65. The molecule has 1 N–H and O–H groups in total. The second-order valence-corrected chi connectivity index (χ2v) is 8.50. The molecule has 3 rings (SSSR count). The van der Waals surface area contributed by atoms with Crippen molar-refractivity contribution < 1.29 is 45.4 Å². The number of rotatable bonds is 5. The van der Waals surface area contributed by atoms with Crippen molar-refractivity contribution >= 4 is 11.8 Å². The van der Waals surface area contributed by atoms with Gasteiger partial charge in [-0.2, -0.15) is 26.3 Å². The number of piperidine rings is 1. The summed E-state index contributed by atoms with van der Waals surface area (Å²) in [5, 5.41) is 9.32. The van der Waals surface area contributed by atoms with Crippen LogP contribution in [-0.4, -0.2) is 85.3 Å². The van der Waals surface area contributed by atoms with Crippen LogP contribution in [0.5, 0.6) is 0 Å². The minimum Gasteiger partial charge on any atom is -0.426 e. The number of hydrogen-bond donors (Lipinski definition) is 1. The highest BCUT2D eigenvalue weighted by Crippen LogP contribution is 2.36. The summed E-state index contributed by atoms with van der Waals surface area (Å²) in [4.78, 5) is 16.7. The molecule has 0 aromatic heterocycles. The Morgan fingerprint density at radius 3 is 2.12 bits per heavy atom. The summed E-state index contributed by atoms with van der Waals surface area (Å²) in [5.41, 5.74) is 1.52. The summed E-state index contributed by atoms with van der Waals surface area (Å²) in [5.74, 6) is -0.199. The predicted octanol–water partition coefficient (Wildman–Crippen LogP) is 3.78. The van der Waals surface area contributed by atoms with Crippen molar-refractivity contribution in [1.29, 1.82) is 0 Å². The summed E-state index contributed by atoms with van der Waals surface area (Å²) in [7, 11) is 0. The number of halogens is 7. The Kier molecular flexibility index (Phi) is 8.17. The number of carbonyl (C=O) groups excluding carboxylic acids is 1. The van der Waals surface area contributed by atoms with E-state index in [1.54, 1.807) is 6.07 Å². The van der Waals surface area contributed by atoms with Crippen molar-refractivity contribution in [3.63, 3.8) is 0 Å². The summed E-state index contributed by atoms with van der Waals surface area (Å²) in [6.07, 6.45) is -15.8. The molecule has 0 aliphatic carbocycles. The van der Waals surface area contributed by atoms with E-state index in [1.807, 2.05) is 9.80 Å². The van der Waals surface area contributed by atoms with Gasteiger partial charge >= 0.3 is 18.4 Å². The molecule has 0 unspecified atom stereocenters. The molecule has 1 amide bonds. The van der Waals surface area contributed by atoms with Crippen LogP contribution < -0.4 is 4.90 Å². The van der Waals surface area contributed by atoms with E-state index in [-0.39, 0.29) is 38.7 Å². The van der Waals surface area contributed by atoms with Gasteiger partial charge < -0.3 is 19.6 Å². The Morgan fingerprint density at radius 2 is 1.59 bits per heavy atom. The summed E-state index contributed by atoms with van der Waals surface area (Å²) >= 11 is 0. The van der Waals surface area contributed by atoms with Gasteiger partial charge in [0.05, 0.1) is 0 Å². The molecule has 1 aromatic rings. The highest BCUT2D eigenvalue weighted by atomic mass is 19.4. The molecule has 2 aliphatic rings. The first-order chi connectivity index (χ1) is 15.9. The van der Waals surface area contributed by atoms with Gasteiger partial charge in [-0.15, -0.1) is 0 Å². The number of hydrogen-bond acceptors (Lipinski definition) is 5. The average Bonchev–Trinajstić information content (AvgIpc) is 2.77. The van der Waals surface area contributed by atoms with Crippen LogP contribution in [0.15, 0.2) is 18.2 Å². The quantitative estimate of drug-likeness (QED) is 0.623. The molecule has 2 heterocycles. The van der Waals surface area contributed by atoms with Crippen molar-refractivity contribution in [3.05, 3.63) is 29.6 Å². The van der Waals surface area contributed by atoms with Crippen LogP contribution in [0.3, 0.4) is 0 Å². The summed E-state index contributed by atoms with van der Waals surface area (Å²) < 4.78 is 93.5. The van der Waals surface area contributed by atoms with Gasteiger partial charge in [0, 0.05) is 58.1 Å². The smallest absolute Gasteiger partial charge is 0.426 e. The topological polar surface area (TPSA) is 56.2 Å². The maximum atomic E-state index is 13.9. The Balaban J connectivity index is 1.59. The zero-order valence-corrected chi connectivity index (χ0v) is 18.2. The highest BCUT2D eigenvalue weighted by molar-refractivity contribution is 5.68. The lowest BCUT2D eigenvalue weighted by Gasteiger charge is -2.37. The molecule has 2 saturated heterocycles. The number of ether oxygens (including phenoxy) is 1. The van der Waals surface area contributed by atoms with E-state index in [9.17, 15) is 40.6 Å². The summed E-state index contributed by atoms with van der Waals surface area (Å²) in [6, 6.07) is 4.39. The summed E-state index contributed by atoms with van der Waals surface area (Å²) in [6.45, 7) is 1.94. The van der Waals surface area contributed by atoms with E-state index < -0.39 is 30.4 Å². The zero-order valence-electron chi connectivity index (χ0n) is 18.2. The van der Waals surface area contributed by atoms with Crippen LogP contribution in [-0.2, 0) is 11.3 Å². The first kappa shape index (κ1) is 26.3. The van der Waals surface area contributed by atoms with E-state index in [0.29, 0.717) is 25.3 Å². The van der Waals surface area contributed by atoms with Gasteiger partial charge in [0.25, 0.3) is 6.10 Å². The number of carbonyl (C=O) groups is 1. The normalized spacial score (nSPS) is 19.1. The molecule has 0 saturated carbocycles. The second kappa shape index (κ2) is 10.5. The Morgan fingerprint density at radius 1 is 1.00 bits per heavy atom. The van der Waals surface area contributed by atoms with Gasteiger partial charge in [-0.25, -0.2) is 9.18 Å². The number of aliphatic hydroxyl groups is 1. The van der Waals surface area contributed by atoms with Crippen LogP contribution in [0.4, 0.5) is 41.2 Å². The molecule has 0 spiro atoms. The number of alkyl halides is 6. The Hall–Kier alpha value is -2.28. The minimum absolute atomic E-state index is 0.100. The molecule has 6 nitrogen and oxygen atoms in total. The third-order valence-corrected chi connectivity index (χ3v) is 6.10. The molecule has 2 fully saturated rings.